The molecule has 1 unspecified atom stereocenters. The number of hydrogen-bond donors (Lipinski definition) is 1. The molecule has 0 heterocycles. The first kappa shape index (κ1) is 12.3. The summed E-state index contributed by atoms with van der Waals surface area (Å²) >= 11 is 0. The van der Waals surface area contributed by atoms with E-state index in [0.717, 1.165) is 6.54 Å². The van der Waals surface area contributed by atoms with Gasteiger partial charge in [-0.15, -0.1) is 0 Å². The fraction of sp³-hybridized carbons (Fsp3) is 0.571. The summed E-state index contributed by atoms with van der Waals surface area (Å²) < 4.78 is 0. The summed E-state index contributed by atoms with van der Waals surface area (Å²) in [6.45, 7) is 7.85. The SMILES string of the molecule is CNCCC(C)c1ccc(C(C)C)cc1. The molecule has 15 heavy (non-hydrogen) atoms. The Balaban J connectivity index is 2.62. The smallest absolute Gasteiger partial charge is 0.00462 e. The zero-order valence-corrected chi connectivity index (χ0v) is 10.4. The molecule has 0 aromatic heterocycles. The standard InChI is InChI=1S/C14H23N/c1-11(2)13-5-7-14(8-6-13)12(3)9-10-15-4/h5-8,11-12,15H,9-10H2,1-4H3. The van der Waals surface area contributed by atoms with Crippen molar-refractivity contribution in [3.63, 3.8) is 0 Å². The van der Waals surface area contributed by atoms with Gasteiger partial charge in [0, 0.05) is 0 Å². The summed E-state index contributed by atoms with van der Waals surface area (Å²) in [5, 5.41) is 3.20. The molecule has 0 saturated carbocycles. The van der Waals surface area contributed by atoms with E-state index in [2.05, 4.69) is 50.4 Å². The number of rotatable bonds is 5. The monoisotopic (exact) mass is 205 g/mol. The first-order valence-electron chi connectivity index (χ1n) is 5.89. The Kier molecular flexibility index (Phi) is 4.83. The highest BCUT2D eigenvalue weighted by atomic mass is 14.8. The molecular weight excluding hydrogens is 182 g/mol. The van der Waals surface area contributed by atoms with Crippen LogP contribution in [0.3, 0.4) is 0 Å². The second-order valence-electron chi connectivity index (χ2n) is 4.61. The van der Waals surface area contributed by atoms with Crippen molar-refractivity contribution < 1.29 is 0 Å². The average molecular weight is 205 g/mol. The Morgan fingerprint density at radius 3 is 2.00 bits per heavy atom. The topological polar surface area (TPSA) is 12.0 Å². The molecule has 0 spiro atoms. The molecule has 0 amide bonds. The van der Waals surface area contributed by atoms with E-state index in [1.165, 1.54) is 17.5 Å². The second kappa shape index (κ2) is 5.92. The maximum Gasteiger partial charge on any atom is -0.00462 e. The molecular formula is C14H23N. The minimum Gasteiger partial charge on any atom is -0.320 e. The van der Waals surface area contributed by atoms with Gasteiger partial charge in [0.05, 0.1) is 0 Å². The lowest BCUT2D eigenvalue weighted by Crippen LogP contribution is -2.10. The molecule has 0 bridgehead atoms. The van der Waals surface area contributed by atoms with Crippen LogP contribution in [0.1, 0.15) is 50.2 Å². The third-order valence-corrected chi connectivity index (χ3v) is 3.00. The highest BCUT2D eigenvalue weighted by molar-refractivity contribution is 5.26. The van der Waals surface area contributed by atoms with Crippen LogP contribution in [0.25, 0.3) is 0 Å². The fourth-order valence-electron chi connectivity index (χ4n) is 1.74. The Morgan fingerprint density at radius 1 is 1.00 bits per heavy atom. The van der Waals surface area contributed by atoms with Crippen molar-refractivity contribution in [2.24, 2.45) is 0 Å². The zero-order valence-electron chi connectivity index (χ0n) is 10.4. The number of benzene rings is 1. The van der Waals surface area contributed by atoms with E-state index in [1.54, 1.807) is 0 Å². The van der Waals surface area contributed by atoms with Gasteiger partial charge in [-0.3, -0.25) is 0 Å². The summed E-state index contributed by atoms with van der Waals surface area (Å²) in [6.07, 6.45) is 1.21. The van der Waals surface area contributed by atoms with Crippen LogP contribution in [0, 0.1) is 0 Å². The van der Waals surface area contributed by atoms with Crippen molar-refractivity contribution in [3.05, 3.63) is 35.4 Å². The summed E-state index contributed by atoms with van der Waals surface area (Å²) in [5.74, 6) is 1.28. The van der Waals surface area contributed by atoms with Crippen molar-refractivity contribution in [2.45, 2.75) is 39.0 Å². The summed E-state index contributed by atoms with van der Waals surface area (Å²) in [4.78, 5) is 0. The molecule has 84 valence electrons. The molecule has 1 N–H and O–H groups in total. The molecule has 0 saturated heterocycles. The van der Waals surface area contributed by atoms with Gasteiger partial charge in [0.25, 0.3) is 0 Å². The van der Waals surface area contributed by atoms with E-state index in [1.807, 2.05) is 7.05 Å². The summed E-state index contributed by atoms with van der Waals surface area (Å²) in [7, 11) is 2.01. The van der Waals surface area contributed by atoms with Crippen LogP contribution in [0.5, 0.6) is 0 Å². The number of hydrogen-bond acceptors (Lipinski definition) is 1. The van der Waals surface area contributed by atoms with Crippen molar-refractivity contribution in [1.82, 2.24) is 5.32 Å². The van der Waals surface area contributed by atoms with E-state index < -0.39 is 0 Å². The van der Waals surface area contributed by atoms with E-state index >= 15 is 0 Å². The third-order valence-electron chi connectivity index (χ3n) is 3.00. The predicted octanol–water partition coefficient (Wildman–Crippen LogP) is 3.52. The molecule has 0 fully saturated rings. The van der Waals surface area contributed by atoms with Crippen molar-refractivity contribution >= 4 is 0 Å². The third kappa shape index (κ3) is 3.67. The first-order chi connectivity index (χ1) is 7.15. The second-order valence-corrected chi connectivity index (χ2v) is 4.61. The highest BCUT2D eigenvalue weighted by Crippen LogP contribution is 2.21. The van der Waals surface area contributed by atoms with Crippen molar-refractivity contribution in [1.29, 1.82) is 0 Å². The molecule has 0 radical (unpaired) electrons. The molecule has 1 atom stereocenters. The molecule has 0 aliphatic heterocycles. The molecule has 1 rings (SSSR count). The maximum atomic E-state index is 3.20. The van der Waals surface area contributed by atoms with Crippen LogP contribution in [-0.4, -0.2) is 13.6 Å². The minimum absolute atomic E-state index is 0.631. The fourth-order valence-corrected chi connectivity index (χ4v) is 1.74. The average Bonchev–Trinajstić information content (AvgIpc) is 2.26. The quantitative estimate of drug-likeness (QED) is 0.775. The Labute approximate surface area is 93.9 Å². The maximum absolute atomic E-state index is 3.20. The molecule has 0 aliphatic rings. The van der Waals surface area contributed by atoms with Gasteiger partial charge >= 0.3 is 0 Å². The van der Waals surface area contributed by atoms with Gasteiger partial charge in [-0.05, 0) is 43.0 Å². The van der Waals surface area contributed by atoms with Crippen LogP contribution >= 0.6 is 0 Å². The van der Waals surface area contributed by atoms with Crippen LogP contribution in [0.15, 0.2) is 24.3 Å². The van der Waals surface area contributed by atoms with Gasteiger partial charge in [-0.2, -0.15) is 0 Å². The lowest BCUT2D eigenvalue weighted by atomic mass is 9.94. The van der Waals surface area contributed by atoms with E-state index in [9.17, 15) is 0 Å². The van der Waals surface area contributed by atoms with Gasteiger partial charge < -0.3 is 5.32 Å². The van der Waals surface area contributed by atoms with Gasteiger partial charge in [0.15, 0.2) is 0 Å². The molecule has 0 aliphatic carbocycles. The zero-order chi connectivity index (χ0) is 11.3. The van der Waals surface area contributed by atoms with Gasteiger partial charge in [0.2, 0.25) is 0 Å². The molecule has 1 heteroatoms. The molecule has 1 nitrogen and oxygen atoms in total. The summed E-state index contributed by atoms with van der Waals surface area (Å²) in [5.41, 5.74) is 2.88. The van der Waals surface area contributed by atoms with Gasteiger partial charge in [0.1, 0.15) is 0 Å². The van der Waals surface area contributed by atoms with Crippen LogP contribution in [0.4, 0.5) is 0 Å². The Hall–Kier alpha value is -0.820. The normalized spacial score (nSPS) is 13.1. The highest BCUT2D eigenvalue weighted by Gasteiger charge is 2.05. The van der Waals surface area contributed by atoms with Crippen LogP contribution in [-0.2, 0) is 0 Å². The Morgan fingerprint density at radius 2 is 1.53 bits per heavy atom. The predicted molar refractivity (Wildman–Crippen MR) is 67.5 cm³/mol. The van der Waals surface area contributed by atoms with E-state index in [0.29, 0.717) is 11.8 Å². The lowest BCUT2D eigenvalue weighted by Gasteiger charge is -2.13. The van der Waals surface area contributed by atoms with Crippen LogP contribution in [0.2, 0.25) is 0 Å². The van der Waals surface area contributed by atoms with Crippen LogP contribution < -0.4 is 5.32 Å². The van der Waals surface area contributed by atoms with Crippen molar-refractivity contribution in [2.75, 3.05) is 13.6 Å². The van der Waals surface area contributed by atoms with E-state index in [-0.39, 0.29) is 0 Å². The molecule has 1 aromatic rings. The molecule has 1 aromatic carbocycles. The minimum atomic E-state index is 0.631. The summed E-state index contributed by atoms with van der Waals surface area (Å²) in [6, 6.07) is 9.07. The largest absolute Gasteiger partial charge is 0.320 e. The Bertz CT molecular complexity index is 274. The lowest BCUT2D eigenvalue weighted by molar-refractivity contribution is 0.636. The number of nitrogens with one attached hydrogen (secondary N) is 1. The first-order valence-corrected chi connectivity index (χ1v) is 5.89. The van der Waals surface area contributed by atoms with Gasteiger partial charge in [-0.25, -0.2) is 0 Å². The van der Waals surface area contributed by atoms with Gasteiger partial charge in [-0.1, -0.05) is 45.0 Å². The van der Waals surface area contributed by atoms with E-state index in [4.69, 9.17) is 0 Å². The van der Waals surface area contributed by atoms with Crippen molar-refractivity contribution in [3.8, 4) is 0 Å².